The Morgan fingerprint density at radius 1 is 1.00 bits per heavy atom. The first kappa shape index (κ1) is 15.7. The van der Waals surface area contributed by atoms with Gasteiger partial charge in [-0.1, -0.05) is 60.7 Å². The molecule has 1 saturated heterocycles. The summed E-state index contributed by atoms with van der Waals surface area (Å²) in [5.41, 5.74) is 2.25. The molecule has 3 rings (SSSR count). The monoisotopic (exact) mass is 310 g/mol. The summed E-state index contributed by atoms with van der Waals surface area (Å²) >= 11 is 0. The predicted octanol–water partition coefficient (Wildman–Crippen LogP) is 2.20. The first-order valence-corrected chi connectivity index (χ1v) is 8.02. The van der Waals surface area contributed by atoms with Crippen LogP contribution in [0, 0.1) is 0 Å². The number of rotatable bonds is 5. The molecule has 4 nitrogen and oxygen atoms in total. The van der Waals surface area contributed by atoms with E-state index in [1.54, 1.807) is 0 Å². The van der Waals surface area contributed by atoms with Crippen molar-refractivity contribution in [3.05, 3.63) is 71.8 Å². The summed E-state index contributed by atoms with van der Waals surface area (Å²) in [5, 5.41) is 3.23. The van der Waals surface area contributed by atoms with Gasteiger partial charge in [0.1, 0.15) is 6.10 Å². The summed E-state index contributed by atoms with van der Waals surface area (Å²) in [6.07, 6.45) is -0.392. The van der Waals surface area contributed by atoms with E-state index in [9.17, 15) is 4.79 Å². The molecule has 0 spiro atoms. The Kier molecular flexibility index (Phi) is 5.40. The predicted molar refractivity (Wildman–Crippen MR) is 89.7 cm³/mol. The summed E-state index contributed by atoms with van der Waals surface area (Å²) in [6, 6.07) is 20.2. The average Bonchev–Trinajstić information content (AvgIpc) is 2.63. The number of hydrogen-bond acceptors (Lipinski definition) is 3. The normalized spacial score (nSPS) is 17.7. The molecule has 1 unspecified atom stereocenters. The number of nitrogens with zero attached hydrogens (tertiary/aromatic N) is 1. The average molecular weight is 310 g/mol. The van der Waals surface area contributed by atoms with Crippen molar-refractivity contribution in [1.29, 1.82) is 0 Å². The summed E-state index contributed by atoms with van der Waals surface area (Å²) in [7, 11) is 0. The molecule has 1 heterocycles. The number of amides is 1. The minimum absolute atomic E-state index is 0.0462. The SMILES string of the molecule is O=C(C1CNCCO1)N(Cc1ccccc1)Cc1ccccc1. The van der Waals surface area contributed by atoms with E-state index in [2.05, 4.69) is 5.32 Å². The maximum Gasteiger partial charge on any atom is 0.253 e. The van der Waals surface area contributed by atoms with E-state index in [1.807, 2.05) is 65.6 Å². The number of carbonyl (C=O) groups is 1. The lowest BCUT2D eigenvalue weighted by atomic mass is 10.1. The molecule has 1 atom stereocenters. The van der Waals surface area contributed by atoms with Crippen LogP contribution in [0.15, 0.2) is 60.7 Å². The summed E-state index contributed by atoms with van der Waals surface area (Å²) in [6.45, 7) is 3.16. The molecule has 2 aromatic rings. The minimum atomic E-state index is -0.392. The molecule has 4 heteroatoms. The third-order valence-electron chi connectivity index (χ3n) is 3.95. The molecule has 1 amide bonds. The van der Waals surface area contributed by atoms with Gasteiger partial charge in [0.25, 0.3) is 5.91 Å². The van der Waals surface area contributed by atoms with Gasteiger partial charge in [0.2, 0.25) is 0 Å². The van der Waals surface area contributed by atoms with Crippen LogP contribution in [0.5, 0.6) is 0 Å². The van der Waals surface area contributed by atoms with E-state index < -0.39 is 6.10 Å². The van der Waals surface area contributed by atoms with E-state index in [1.165, 1.54) is 0 Å². The molecule has 2 aromatic carbocycles. The molecule has 0 saturated carbocycles. The highest BCUT2D eigenvalue weighted by molar-refractivity contribution is 5.81. The van der Waals surface area contributed by atoms with Gasteiger partial charge < -0.3 is 15.0 Å². The first-order chi connectivity index (χ1) is 11.3. The molecule has 0 bridgehead atoms. The van der Waals surface area contributed by atoms with Crippen LogP contribution in [0.25, 0.3) is 0 Å². The lowest BCUT2D eigenvalue weighted by Crippen LogP contribution is -2.49. The molecule has 1 N–H and O–H groups in total. The number of benzene rings is 2. The maximum atomic E-state index is 12.9. The fraction of sp³-hybridized carbons (Fsp3) is 0.316. The van der Waals surface area contributed by atoms with E-state index in [0.29, 0.717) is 26.2 Å². The molecule has 23 heavy (non-hydrogen) atoms. The van der Waals surface area contributed by atoms with Gasteiger partial charge in [-0.05, 0) is 11.1 Å². The first-order valence-electron chi connectivity index (χ1n) is 8.02. The van der Waals surface area contributed by atoms with E-state index in [-0.39, 0.29) is 5.91 Å². The zero-order chi connectivity index (χ0) is 15.9. The molecule has 0 aromatic heterocycles. The van der Waals surface area contributed by atoms with E-state index in [0.717, 1.165) is 17.7 Å². The Morgan fingerprint density at radius 2 is 1.57 bits per heavy atom. The highest BCUT2D eigenvalue weighted by Crippen LogP contribution is 2.13. The van der Waals surface area contributed by atoms with Gasteiger partial charge in [-0.2, -0.15) is 0 Å². The van der Waals surface area contributed by atoms with Crippen molar-refractivity contribution in [1.82, 2.24) is 10.2 Å². The lowest BCUT2D eigenvalue weighted by molar-refractivity contribution is -0.146. The van der Waals surface area contributed by atoms with Crippen LogP contribution >= 0.6 is 0 Å². The van der Waals surface area contributed by atoms with Crippen LogP contribution in [-0.2, 0) is 22.6 Å². The summed E-state index contributed by atoms with van der Waals surface area (Å²) in [5.74, 6) is 0.0462. The van der Waals surface area contributed by atoms with Crippen molar-refractivity contribution in [2.45, 2.75) is 19.2 Å². The fourth-order valence-corrected chi connectivity index (χ4v) is 2.75. The third kappa shape index (κ3) is 4.41. The Morgan fingerprint density at radius 3 is 2.04 bits per heavy atom. The zero-order valence-electron chi connectivity index (χ0n) is 13.2. The number of morpholine rings is 1. The van der Waals surface area contributed by atoms with Crippen molar-refractivity contribution in [2.24, 2.45) is 0 Å². The summed E-state index contributed by atoms with van der Waals surface area (Å²) < 4.78 is 5.64. The fourth-order valence-electron chi connectivity index (χ4n) is 2.75. The highest BCUT2D eigenvalue weighted by atomic mass is 16.5. The Bertz CT molecular complexity index is 568. The second kappa shape index (κ2) is 7.90. The molecule has 120 valence electrons. The second-order valence-corrected chi connectivity index (χ2v) is 5.73. The van der Waals surface area contributed by atoms with Crippen LogP contribution in [0.2, 0.25) is 0 Å². The van der Waals surface area contributed by atoms with Crippen LogP contribution < -0.4 is 5.32 Å². The number of ether oxygens (including phenoxy) is 1. The molecule has 1 aliphatic heterocycles. The Labute approximate surface area is 137 Å². The van der Waals surface area contributed by atoms with Crippen LogP contribution in [0.3, 0.4) is 0 Å². The smallest absolute Gasteiger partial charge is 0.253 e. The second-order valence-electron chi connectivity index (χ2n) is 5.73. The van der Waals surface area contributed by atoms with Gasteiger partial charge in [-0.15, -0.1) is 0 Å². The van der Waals surface area contributed by atoms with E-state index in [4.69, 9.17) is 4.74 Å². The maximum absolute atomic E-state index is 12.9. The number of carbonyl (C=O) groups excluding carboxylic acids is 1. The number of nitrogens with one attached hydrogen (secondary N) is 1. The van der Waals surface area contributed by atoms with Crippen molar-refractivity contribution >= 4 is 5.91 Å². The molecular weight excluding hydrogens is 288 g/mol. The van der Waals surface area contributed by atoms with Crippen LogP contribution in [-0.4, -0.2) is 36.6 Å². The van der Waals surface area contributed by atoms with Gasteiger partial charge >= 0.3 is 0 Å². The van der Waals surface area contributed by atoms with Crippen LogP contribution in [0.4, 0.5) is 0 Å². The van der Waals surface area contributed by atoms with Crippen molar-refractivity contribution in [2.75, 3.05) is 19.7 Å². The van der Waals surface area contributed by atoms with Crippen molar-refractivity contribution in [3.8, 4) is 0 Å². The molecule has 1 fully saturated rings. The van der Waals surface area contributed by atoms with E-state index >= 15 is 0 Å². The van der Waals surface area contributed by atoms with Gasteiger partial charge in [0.15, 0.2) is 0 Å². The van der Waals surface area contributed by atoms with Crippen molar-refractivity contribution in [3.63, 3.8) is 0 Å². The standard InChI is InChI=1S/C19H22N2O2/c22-19(18-13-20-11-12-23-18)21(14-16-7-3-1-4-8-16)15-17-9-5-2-6-10-17/h1-10,18,20H,11-15H2. The largest absolute Gasteiger partial charge is 0.366 e. The Hall–Kier alpha value is -2.17. The molecular formula is C19H22N2O2. The minimum Gasteiger partial charge on any atom is -0.366 e. The van der Waals surface area contributed by atoms with Gasteiger partial charge in [-0.25, -0.2) is 0 Å². The highest BCUT2D eigenvalue weighted by Gasteiger charge is 2.27. The summed E-state index contributed by atoms with van der Waals surface area (Å²) in [4.78, 5) is 14.7. The quantitative estimate of drug-likeness (QED) is 0.920. The topological polar surface area (TPSA) is 41.6 Å². The Balaban J connectivity index is 1.76. The van der Waals surface area contributed by atoms with Gasteiger partial charge in [-0.3, -0.25) is 4.79 Å². The van der Waals surface area contributed by atoms with Gasteiger partial charge in [0, 0.05) is 26.2 Å². The van der Waals surface area contributed by atoms with Gasteiger partial charge in [0.05, 0.1) is 6.61 Å². The zero-order valence-corrected chi connectivity index (χ0v) is 13.2. The lowest BCUT2D eigenvalue weighted by Gasteiger charge is -2.30. The molecule has 1 aliphatic rings. The van der Waals surface area contributed by atoms with Crippen LogP contribution in [0.1, 0.15) is 11.1 Å². The number of hydrogen-bond donors (Lipinski definition) is 1. The third-order valence-corrected chi connectivity index (χ3v) is 3.95. The molecule has 0 aliphatic carbocycles. The van der Waals surface area contributed by atoms with Crippen molar-refractivity contribution < 1.29 is 9.53 Å². The molecule has 0 radical (unpaired) electrons.